The van der Waals surface area contributed by atoms with Gasteiger partial charge in [0.05, 0.1) is 13.7 Å². The van der Waals surface area contributed by atoms with Crippen LogP contribution in [-0.4, -0.2) is 39.4 Å². The highest BCUT2D eigenvalue weighted by atomic mass is 19.4. The number of hydrogen-bond donors (Lipinski definition) is 1. The van der Waals surface area contributed by atoms with Gasteiger partial charge in [0.2, 0.25) is 0 Å². The van der Waals surface area contributed by atoms with E-state index in [1.54, 1.807) is 27.2 Å². The second-order valence-corrected chi connectivity index (χ2v) is 8.38. The molecule has 0 saturated heterocycles. The van der Waals surface area contributed by atoms with Crippen LogP contribution in [-0.2, 0) is 9.47 Å². The number of ether oxygens (including phenoxy) is 2. The van der Waals surface area contributed by atoms with Crippen LogP contribution in [0.15, 0.2) is 88.9 Å². The number of alkyl halides is 3. The topological polar surface area (TPSA) is 42.8 Å². The van der Waals surface area contributed by atoms with Crippen LogP contribution in [0.1, 0.15) is 52.4 Å². The zero-order valence-corrected chi connectivity index (χ0v) is 22.0. The largest absolute Gasteiger partial charge is 0.499 e. The van der Waals surface area contributed by atoms with Gasteiger partial charge in [0.25, 0.3) is 0 Å². The first-order chi connectivity index (χ1) is 17.3. The second-order valence-electron chi connectivity index (χ2n) is 8.38. The molecule has 0 spiro atoms. The third-order valence-electron chi connectivity index (χ3n) is 5.59. The lowest BCUT2D eigenvalue weighted by Crippen LogP contribution is -2.25. The number of rotatable bonds is 15. The molecule has 0 aromatic rings. The zero-order valence-electron chi connectivity index (χ0n) is 22.0. The molecule has 0 aliphatic carbocycles. The first-order valence-electron chi connectivity index (χ1n) is 12.4. The van der Waals surface area contributed by atoms with Crippen LogP contribution < -0.4 is 5.32 Å². The molecule has 1 rings (SSSR count). The Labute approximate surface area is 214 Å². The lowest BCUT2D eigenvalue weighted by molar-refractivity contribution is -0.0941. The molecule has 200 valence electrons. The fraction of sp³-hybridized carbons (Fsp3) is 0.483. The molecule has 0 fully saturated rings. The Balaban J connectivity index is 2.76. The molecule has 7 heteroatoms. The number of allylic oxidation sites excluding steroid dienone is 8. The summed E-state index contributed by atoms with van der Waals surface area (Å²) in [5.74, 6) is 1.80. The van der Waals surface area contributed by atoms with E-state index in [2.05, 4.69) is 36.0 Å². The predicted molar refractivity (Wildman–Crippen MR) is 144 cm³/mol. The summed E-state index contributed by atoms with van der Waals surface area (Å²) in [6.45, 7) is 7.63. The monoisotopic (exact) mass is 506 g/mol. The van der Waals surface area contributed by atoms with Gasteiger partial charge in [-0.3, -0.25) is 4.99 Å². The van der Waals surface area contributed by atoms with Crippen LogP contribution in [0.3, 0.4) is 0 Å². The van der Waals surface area contributed by atoms with Crippen molar-refractivity contribution in [3.8, 4) is 0 Å². The number of hydrogen-bond acceptors (Lipinski definition) is 3. The number of halogens is 3. The maximum atomic E-state index is 13.3. The Hall–Kier alpha value is -2.80. The second kappa shape index (κ2) is 17.6. The molecular formula is C29H41F3N2O2. The van der Waals surface area contributed by atoms with Crippen molar-refractivity contribution in [3.63, 3.8) is 0 Å². The van der Waals surface area contributed by atoms with Crippen molar-refractivity contribution in [2.24, 2.45) is 10.9 Å². The molecule has 1 N–H and O–H groups in total. The molecule has 1 aliphatic heterocycles. The Morgan fingerprint density at radius 2 is 1.94 bits per heavy atom. The summed E-state index contributed by atoms with van der Waals surface area (Å²) in [5, 5.41) is 3.23. The molecular weight excluding hydrogens is 465 g/mol. The van der Waals surface area contributed by atoms with Gasteiger partial charge in [-0.1, -0.05) is 62.8 Å². The number of aliphatic imine (C=N–C) groups is 1. The Morgan fingerprint density at radius 3 is 2.56 bits per heavy atom. The summed E-state index contributed by atoms with van der Waals surface area (Å²) in [6, 6.07) is 0. The van der Waals surface area contributed by atoms with Gasteiger partial charge < -0.3 is 14.8 Å². The molecule has 1 heterocycles. The van der Waals surface area contributed by atoms with E-state index in [9.17, 15) is 13.2 Å². The van der Waals surface area contributed by atoms with Gasteiger partial charge in [-0.15, -0.1) is 0 Å². The Morgan fingerprint density at radius 1 is 1.17 bits per heavy atom. The van der Waals surface area contributed by atoms with E-state index in [-0.39, 0.29) is 25.6 Å². The number of nitrogens with one attached hydrogen (secondary N) is 1. The fourth-order valence-electron chi connectivity index (χ4n) is 3.76. The minimum atomic E-state index is -4.36. The number of amidine groups is 1. The molecule has 0 bridgehead atoms. The van der Waals surface area contributed by atoms with Crippen molar-refractivity contribution in [2.45, 2.75) is 58.5 Å². The van der Waals surface area contributed by atoms with Crippen molar-refractivity contribution in [2.75, 3.05) is 27.4 Å². The summed E-state index contributed by atoms with van der Waals surface area (Å²) in [6.07, 6.45) is 15.9. The SMILES string of the molecule is C=C/C=C(\C=C(/CCC)C(F)(F)F)COC/C(=C\C/C(=C\CC)CCC1C=CC=CNC1=NC)OC. The van der Waals surface area contributed by atoms with Gasteiger partial charge in [0, 0.05) is 24.7 Å². The summed E-state index contributed by atoms with van der Waals surface area (Å²) in [7, 11) is 3.36. The Kier molecular flexibility index (Phi) is 15.3. The third kappa shape index (κ3) is 12.2. The first kappa shape index (κ1) is 31.2. The van der Waals surface area contributed by atoms with Crippen molar-refractivity contribution >= 4 is 5.84 Å². The maximum absolute atomic E-state index is 13.3. The Bertz CT molecular complexity index is 891. The van der Waals surface area contributed by atoms with Gasteiger partial charge in [0.15, 0.2) is 0 Å². The highest BCUT2D eigenvalue weighted by Crippen LogP contribution is 2.30. The van der Waals surface area contributed by atoms with Crippen LogP contribution in [0.5, 0.6) is 0 Å². The van der Waals surface area contributed by atoms with Crippen LogP contribution in [0, 0.1) is 5.92 Å². The molecule has 0 aromatic carbocycles. The van der Waals surface area contributed by atoms with E-state index < -0.39 is 11.7 Å². The van der Waals surface area contributed by atoms with Crippen molar-refractivity contribution in [1.29, 1.82) is 0 Å². The fourth-order valence-corrected chi connectivity index (χ4v) is 3.76. The summed E-state index contributed by atoms with van der Waals surface area (Å²) >= 11 is 0. The normalized spacial score (nSPS) is 18.9. The highest BCUT2D eigenvalue weighted by Gasteiger charge is 2.32. The van der Waals surface area contributed by atoms with E-state index in [4.69, 9.17) is 9.47 Å². The van der Waals surface area contributed by atoms with Crippen molar-refractivity contribution in [1.82, 2.24) is 5.32 Å². The molecule has 0 amide bonds. The van der Waals surface area contributed by atoms with Crippen molar-refractivity contribution in [3.05, 3.63) is 83.9 Å². The van der Waals surface area contributed by atoms with Gasteiger partial charge in [-0.05, 0) is 55.9 Å². The van der Waals surface area contributed by atoms with Crippen LogP contribution in [0.25, 0.3) is 0 Å². The van der Waals surface area contributed by atoms with E-state index in [0.29, 0.717) is 24.2 Å². The molecule has 0 aromatic heterocycles. The molecule has 0 radical (unpaired) electrons. The zero-order chi connectivity index (χ0) is 26.8. The van der Waals surface area contributed by atoms with Gasteiger partial charge in [-0.25, -0.2) is 0 Å². The van der Waals surface area contributed by atoms with Gasteiger partial charge >= 0.3 is 6.18 Å². The molecule has 1 unspecified atom stereocenters. The molecule has 0 saturated carbocycles. The van der Waals surface area contributed by atoms with Crippen LogP contribution >= 0.6 is 0 Å². The van der Waals surface area contributed by atoms with E-state index in [0.717, 1.165) is 31.2 Å². The molecule has 1 aliphatic rings. The molecule has 36 heavy (non-hydrogen) atoms. The molecule has 4 nitrogen and oxygen atoms in total. The predicted octanol–water partition coefficient (Wildman–Crippen LogP) is 7.76. The van der Waals surface area contributed by atoms with Gasteiger partial charge in [-0.2, -0.15) is 13.2 Å². The van der Waals surface area contributed by atoms with Gasteiger partial charge in [0.1, 0.15) is 18.2 Å². The van der Waals surface area contributed by atoms with Crippen molar-refractivity contribution < 1.29 is 22.6 Å². The molecule has 1 atom stereocenters. The smallest absolute Gasteiger partial charge is 0.412 e. The average Bonchev–Trinajstić information content (AvgIpc) is 3.08. The summed E-state index contributed by atoms with van der Waals surface area (Å²) in [5.41, 5.74) is 1.14. The lowest BCUT2D eigenvalue weighted by Gasteiger charge is -2.16. The van der Waals surface area contributed by atoms with Crippen LogP contribution in [0.2, 0.25) is 0 Å². The number of methoxy groups -OCH3 is 1. The summed E-state index contributed by atoms with van der Waals surface area (Å²) < 4.78 is 51.0. The third-order valence-corrected chi connectivity index (χ3v) is 5.59. The highest BCUT2D eigenvalue weighted by molar-refractivity contribution is 5.87. The van der Waals surface area contributed by atoms with Crippen LogP contribution in [0.4, 0.5) is 13.2 Å². The van der Waals surface area contributed by atoms with E-state index in [1.165, 1.54) is 11.6 Å². The summed E-state index contributed by atoms with van der Waals surface area (Å²) in [4.78, 5) is 4.36. The van der Waals surface area contributed by atoms with E-state index in [1.807, 2.05) is 24.4 Å². The maximum Gasteiger partial charge on any atom is 0.412 e. The van der Waals surface area contributed by atoms with E-state index >= 15 is 0 Å². The average molecular weight is 507 g/mol. The quantitative estimate of drug-likeness (QED) is 0.140. The minimum Gasteiger partial charge on any atom is -0.499 e. The first-order valence-corrected chi connectivity index (χ1v) is 12.4. The standard InChI is InChI=1S/C29H41F3N2O2/c1-6-11-23(15-17-25-14-9-10-19-34-28(25)33-4)16-18-27(35-5)22-36-21-24(12-7-2)20-26(13-8-3)29(30,31)32/h7,9-12,14,18-20,25H,2,6,8,13,15-17,21-22H2,1,3-5H3,(H,33,34)/b23-11-,24-12+,26-20+,27-18+. The lowest BCUT2D eigenvalue weighted by atomic mass is 9.95. The minimum absolute atomic E-state index is 0.0296. The number of nitrogens with zero attached hydrogens (tertiary/aromatic N) is 1.